The van der Waals surface area contributed by atoms with Gasteiger partial charge >= 0.3 is 0 Å². The van der Waals surface area contributed by atoms with Crippen LogP contribution in [0.4, 0.5) is 4.39 Å². The normalized spacial score (nSPS) is 18.7. The molecule has 0 unspecified atom stereocenters. The van der Waals surface area contributed by atoms with Crippen LogP contribution in [0.15, 0.2) is 26.0 Å². The molecule has 0 atom stereocenters. The van der Waals surface area contributed by atoms with Gasteiger partial charge in [0, 0.05) is 28.6 Å². The number of hydrogen-bond acceptors (Lipinski definition) is 3. The van der Waals surface area contributed by atoms with E-state index in [1.54, 1.807) is 0 Å². The molecule has 0 saturated carbocycles. The van der Waals surface area contributed by atoms with E-state index >= 15 is 0 Å². The molecular weight excluding hydrogens is 427 g/mol. The smallest absolute Gasteiger partial charge is 0.245 e. The van der Waals surface area contributed by atoms with Gasteiger partial charge in [-0.3, -0.25) is 0 Å². The molecule has 1 aliphatic heterocycles. The van der Waals surface area contributed by atoms with Crippen molar-refractivity contribution in [2.45, 2.75) is 18.2 Å². The van der Waals surface area contributed by atoms with Gasteiger partial charge in [0.25, 0.3) is 0 Å². The molecule has 4 nitrogen and oxygen atoms in total. The Bertz CT molecular complexity index is 602. The summed E-state index contributed by atoms with van der Waals surface area (Å²) in [6, 6.07) is 2.35. The first kappa shape index (κ1) is 17.3. The van der Waals surface area contributed by atoms with E-state index in [0.717, 1.165) is 19.5 Å². The van der Waals surface area contributed by atoms with E-state index in [-0.39, 0.29) is 13.8 Å². The van der Waals surface area contributed by atoms with Gasteiger partial charge in [0.05, 0.1) is 0 Å². The third-order valence-electron chi connectivity index (χ3n) is 3.56. The van der Waals surface area contributed by atoms with Crippen molar-refractivity contribution in [1.29, 1.82) is 0 Å². The summed E-state index contributed by atoms with van der Waals surface area (Å²) in [5.74, 6) is -0.485. The number of nitrogens with zero attached hydrogens (tertiary/aromatic N) is 2. The van der Waals surface area contributed by atoms with E-state index in [9.17, 15) is 12.8 Å². The molecule has 0 bridgehead atoms. The Morgan fingerprint density at radius 1 is 1.14 bits per heavy atom. The van der Waals surface area contributed by atoms with Gasteiger partial charge in [0.15, 0.2) is 0 Å². The summed E-state index contributed by atoms with van der Waals surface area (Å²) in [5, 5.41) is 0. The Labute approximate surface area is 141 Å². The molecule has 0 radical (unpaired) electrons. The fraction of sp³-hybridized carbons (Fsp3) is 0.538. The predicted molar refractivity (Wildman–Crippen MR) is 87.3 cm³/mol. The van der Waals surface area contributed by atoms with Gasteiger partial charge in [-0.2, -0.15) is 4.31 Å². The van der Waals surface area contributed by atoms with Crippen molar-refractivity contribution in [2.75, 3.05) is 32.7 Å². The largest absolute Gasteiger partial charge is 0.302 e. The Balaban J connectivity index is 2.34. The van der Waals surface area contributed by atoms with E-state index in [2.05, 4.69) is 43.7 Å². The lowest BCUT2D eigenvalue weighted by molar-refractivity contribution is 0.302. The molecule has 1 saturated heterocycles. The third kappa shape index (κ3) is 3.85. The first-order valence-electron chi connectivity index (χ1n) is 6.73. The molecule has 0 aromatic heterocycles. The highest BCUT2D eigenvalue weighted by atomic mass is 79.9. The minimum atomic E-state index is -3.65. The standard InChI is InChI=1S/C13H17Br2FN2O2S/c1-2-17-4-3-5-18(7-6-17)21(19,20)13-11(14)8-10(16)9-12(13)15/h8-9H,2-7H2,1H3. The Hall–Kier alpha value is -0.0200. The van der Waals surface area contributed by atoms with Crippen LogP contribution in [0, 0.1) is 5.82 Å². The lowest BCUT2D eigenvalue weighted by Crippen LogP contribution is -2.35. The topological polar surface area (TPSA) is 40.6 Å². The molecule has 0 N–H and O–H groups in total. The SMILES string of the molecule is CCN1CCCN(S(=O)(=O)c2c(Br)cc(F)cc2Br)CC1. The average Bonchev–Trinajstić information content (AvgIpc) is 2.62. The maximum atomic E-state index is 13.3. The van der Waals surface area contributed by atoms with Crippen molar-refractivity contribution in [3.63, 3.8) is 0 Å². The van der Waals surface area contributed by atoms with E-state index < -0.39 is 15.8 Å². The van der Waals surface area contributed by atoms with Crippen molar-refractivity contribution in [3.05, 3.63) is 26.9 Å². The molecule has 1 heterocycles. The third-order valence-corrected chi connectivity index (χ3v) is 7.33. The molecule has 0 spiro atoms. The Morgan fingerprint density at radius 3 is 2.33 bits per heavy atom. The van der Waals surface area contributed by atoms with E-state index in [0.29, 0.717) is 19.6 Å². The summed E-state index contributed by atoms with van der Waals surface area (Å²) in [6.45, 7) is 5.52. The highest BCUT2D eigenvalue weighted by Gasteiger charge is 2.30. The highest BCUT2D eigenvalue weighted by Crippen LogP contribution is 2.33. The second-order valence-electron chi connectivity index (χ2n) is 4.89. The quantitative estimate of drug-likeness (QED) is 0.720. The monoisotopic (exact) mass is 442 g/mol. The number of rotatable bonds is 3. The zero-order chi connectivity index (χ0) is 15.6. The summed E-state index contributed by atoms with van der Waals surface area (Å²) in [7, 11) is -3.65. The van der Waals surface area contributed by atoms with Crippen LogP contribution in [0.25, 0.3) is 0 Å². The molecular formula is C13H17Br2FN2O2S. The van der Waals surface area contributed by atoms with Gasteiger partial charge in [-0.1, -0.05) is 6.92 Å². The van der Waals surface area contributed by atoms with Crippen molar-refractivity contribution in [2.24, 2.45) is 0 Å². The summed E-state index contributed by atoms with van der Waals surface area (Å²) in [4.78, 5) is 2.32. The molecule has 0 aliphatic carbocycles. The summed E-state index contributed by atoms with van der Waals surface area (Å²) >= 11 is 6.32. The minimum absolute atomic E-state index is 0.0915. The molecule has 118 valence electrons. The van der Waals surface area contributed by atoms with Crippen molar-refractivity contribution >= 4 is 41.9 Å². The number of halogens is 3. The first-order valence-corrected chi connectivity index (χ1v) is 9.76. The van der Waals surface area contributed by atoms with Crippen LogP contribution in [0.5, 0.6) is 0 Å². The summed E-state index contributed by atoms with van der Waals surface area (Å²) in [5.41, 5.74) is 0. The fourth-order valence-corrected chi connectivity index (χ4v) is 6.33. The molecule has 0 amide bonds. The number of sulfonamides is 1. The van der Waals surface area contributed by atoms with Crippen molar-refractivity contribution in [3.8, 4) is 0 Å². The Kier molecular flexibility index (Phi) is 5.81. The second-order valence-corrected chi connectivity index (χ2v) is 8.47. The summed E-state index contributed by atoms with van der Waals surface area (Å²) < 4.78 is 40.9. The second kappa shape index (κ2) is 7.04. The van der Waals surface area contributed by atoms with E-state index in [4.69, 9.17) is 0 Å². The maximum Gasteiger partial charge on any atom is 0.245 e. The highest BCUT2D eigenvalue weighted by molar-refractivity contribution is 9.11. The molecule has 8 heteroatoms. The molecule has 1 aliphatic rings. The van der Waals surface area contributed by atoms with E-state index in [1.807, 2.05) is 0 Å². The zero-order valence-corrected chi connectivity index (χ0v) is 15.6. The Morgan fingerprint density at radius 2 is 1.76 bits per heavy atom. The van der Waals surface area contributed by atoms with Gasteiger partial charge < -0.3 is 4.90 Å². The van der Waals surface area contributed by atoms with Crippen LogP contribution in [0.3, 0.4) is 0 Å². The van der Waals surface area contributed by atoms with Crippen LogP contribution in [0.1, 0.15) is 13.3 Å². The van der Waals surface area contributed by atoms with Crippen LogP contribution in [-0.4, -0.2) is 50.3 Å². The van der Waals surface area contributed by atoms with Crippen molar-refractivity contribution in [1.82, 2.24) is 9.21 Å². The lowest BCUT2D eigenvalue weighted by Gasteiger charge is -2.22. The molecule has 2 rings (SSSR count). The van der Waals surface area contributed by atoms with Crippen LogP contribution in [0.2, 0.25) is 0 Å². The summed E-state index contributed by atoms with van der Waals surface area (Å²) in [6.07, 6.45) is 0.795. The molecule has 1 aromatic rings. The minimum Gasteiger partial charge on any atom is -0.302 e. The van der Waals surface area contributed by atoms with Crippen LogP contribution >= 0.6 is 31.9 Å². The van der Waals surface area contributed by atoms with Crippen LogP contribution < -0.4 is 0 Å². The van der Waals surface area contributed by atoms with Gasteiger partial charge in [0.1, 0.15) is 10.7 Å². The maximum absolute atomic E-state index is 13.3. The predicted octanol–water partition coefficient (Wildman–Crippen LogP) is 3.07. The van der Waals surface area contributed by atoms with E-state index in [1.165, 1.54) is 16.4 Å². The lowest BCUT2D eigenvalue weighted by atomic mass is 10.3. The van der Waals surface area contributed by atoms with Crippen LogP contribution in [-0.2, 0) is 10.0 Å². The van der Waals surface area contributed by atoms with Gasteiger partial charge in [-0.05, 0) is 63.5 Å². The average molecular weight is 444 g/mol. The van der Waals surface area contributed by atoms with Gasteiger partial charge in [0.2, 0.25) is 10.0 Å². The van der Waals surface area contributed by atoms with Crippen molar-refractivity contribution < 1.29 is 12.8 Å². The fourth-order valence-electron chi connectivity index (χ4n) is 2.41. The molecule has 1 fully saturated rings. The van der Waals surface area contributed by atoms with Gasteiger partial charge in [-0.25, -0.2) is 12.8 Å². The number of hydrogen-bond donors (Lipinski definition) is 0. The number of benzene rings is 1. The first-order chi connectivity index (χ1) is 9.86. The molecule has 1 aromatic carbocycles. The van der Waals surface area contributed by atoms with Gasteiger partial charge in [-0.15, -0.1) is 0 Å². The number of likely N-dealkylation sites (N-methyl/N-ethyl adjacent to an activating group) is 1. The zero-order valence-electron chi connectivity index (χ0n) is 11.7. The molecule has 21 heavy (non-hydrogen) atoms.